The van der Waals surface area contributed by atoms with Crippen molar-refractivity contribution in [2.75, 3.05) is 25.0 Å². The van der Waals surface area contributed by atoms with E-state index in [0.717, 1.165) is 37.8 Å². The van der Waals surface area contributed by atoms with Crippen molar-refractivity contribution in [3.8, 4) is 0 Å². The molecular formula is C18H25N5O. The molecule has 0 amide bonds. The van der Waals surface area contributed by atoms with E-state index in [0.29, 0.717) is 18.1 Å². The van der Waals surface area contributed by atoms with Crippen molar-refractivity contribution in [2.45, 2.75) is 31.5 Å². The standard InChI is InChI=1S/C18H25N5O/c1-22-8-7-20-17(22)13-23-9-10-24-18-14(4-5-16(18)23)11-21-15-3-2-6-19-12-15/h2-3,6-8,12,14,16,18,21H,4-5,9-11,13H2,1H3/t14-,16-,18+/m0/s1. The summed E-state index contributed by atoms with van der Waals surface area (Å²) in [4.78, 5) is 11.2. The maximum Gasteiger partial charge on any atom is 0.122 e. The Hall–Kier alpha value is -1.92. The van der Waals surface area contributed by atoms with Gasteiger partial charge in [0.2, 0.25) is 0 Å². The molecular weight excluding hydrogens is 302 g/mol. The SMILES string of the molecule is Cn1ccnc1CN1CCO[C@@H]2[C@H](CNc3cccnc3)CC[C@@H]21. The third kappa shape index (κ3) is 3.16. The van der Waals surface area contributed by atoms with Gasteiger partial charge in [0.1, 0.15) is 5.82 Å². The van der Waals surface area contributed by atoms with Crippen molar-refractivity contribution in [3.05, 3.63) is 42.7 Å². The molecule has 4 rings (SSSR count). The minimum Gasteiger partial charge on any atom is -0.383 e. The lowest BCUT2D eigenvalue weighted by molar-refractivity contribution is -0.0753. The van der Waals surface area contributed by atoms with E-state index in [-0.39, 0.29) is 0 Å². The number of hydrogen-bond acceptors (Lipinski definition) is 5. The number of pyridine rings is 1. The quantitative estimate of drug-likeness (QED) is 0.909. The Morgan fingerprint density at radius 1 is 1.33 bits per heavy atom. The van der Waals surface area contributed by atoms with Crippen molar-refractivity contribution >= 4 is 5.69 Å². The summed E-state index contributed by atoms with van der Waals surface area (Å²) in [6.07, 6.45) is 10.3. The van der Waals surface area contributed by atoms with E-state index in [9.17, 15) is 0 Å². The molecule has 0 spiro atoms. The number of ether oxygens (including phenoxy) is 1. The first-order valence-corrected chi connectivity index (χ1v) is 8.77. The summed E-state index contributed by atoms with van der Waals surface area (Å²) in [7, 11) is 2.07. The van der Waals surface area contributed by atoms with Crippen LogP contribution in [0.3, 0.4) is 0 Å². The summed E-state index contributed by atoms with van der Waals surface area (Å²) in [5, 5.41) is 3.51. The molecule has 128 valence electrons. The smallest absolute Gasteiger partial charge is 0.122 e. The van der Waals surface area contributed by atoms with Crippen LogP contribution in [0.1, 0.15) is 18.7 Å². The molecule has 2 aromatic heterocycles. The molecule has 1 saturated carbocycles. The molecule has 2 aliphatic rings. The van der Waals surface area contributed by atoms with Crippen LogP contribution in [0, 0.1) is 5.92 Å². The van der Waals surface area contributed by atoms with Crippen LogP contribution in [0.5, 0.6) is 0 Å². The van der Waals surface area contributed by atoms with E-state index < -0.39 is 0 Å². The fourth-order valence-electron chi connectivity index (χ4n) is 4.00. The highest BCUT2D eigenvalue weighted by Gasteiger charge is 2.42. The molecule has 1 aliphatic carbocycles. The molecule has 0 radical (unpaired) electrons. The first-order valence-electron chi connectivity index (χ1n) is 8.77. The van der Waals surface area contributed by atoms with Crippen LogP contribution < -0.4 is 5.32 Å². The Balaban J connectivity index is 1.38. The average molecular weight is 327 g/mol. The highest BCUT2D eigenvalue weighted by Crippen LogP contribution is 2.35. The Kier molecular flexibility index (Phi) is 4.49. The first-order chi connectivity index (χ1) is 11.8. The highest BCUT2D eigenvalue weighted by atomic mass is 16.5. The lowest BCUT2D eigenvalue weighted by Crippen LogP contribution is -2.50. The van der Waals surface area contributed by atoms with Crippen LogP contribution in [0.25, 0.3) is 0 Å². The highest BCUT2D eigenvalue weighted by molar-refractivity contribution is 5.39. The number of fused-ring (bicyclic) bond motifs is 1. The van der Waals surface area contributed by atoms with Gasteiger partial charge in [-0.25, -0.2) is 4.98 Å². The average Bonchev–Trinajstić information content (AvgIpc) is 3.21. The van der Waals surface area contributed by atoms with Gasteiger partial charge in [-0.15, -0.1) is 0 Å². The minimum absolute atomic E-state index is 0.322. The second-order valence-electron chi connectivity index (χ2n) is 6.79. The van der Waals surface area contributed by atoms with E-state index >= 15 is 0 Å². The summed E-state index contributed by atoms with van der Waals surface area (Å²) in [5.41, 5.74) is 1.08. The normalized spacial score (nSPS) is 27.1. The van der Waals surface area contributed by atoms with Gasteiger partial charge in [-0.2, -0.15) is 0 Å². The Bertz CT molecular complexity index is 658. The zero-order valence-electron chi connectivity index (χ0n) is 14.1. The molecule has 3 heterocycles. The topological polar surface area (TPSA) is 55.2 Å². The van der Waals surface area contributed by atoms with Gasteiger partial charge in [0.25, 0.3) is 0 Å². The van der Waals surface area contributed by atoms with Crippen molar-refractivity contribution in [3.63, 3.8) is 0 Å². The second kappa shape index (κ2) is 6.91. The fraction of sp³-hybridized carbons (Fsp3) is 0.556. The summed E-state index contributed by atoms with van der Waals surface area (Å²) >= 11 is 0. The molecule has 2 aromatic rings. The van der Waals surface area contributed by atoms with Gasteiger partial charge in [0, 0.05) is 56.9 Å². The molecule has 3 atom stereocenters. The molecule has 1 aliphatic heterocycles. The molecule has 6 nitrogen and oxygen atoms in total. The number of nitrogens with one attached hydrogen (secondary N) is 1. The van der Waals surface area contributed by atoms with Crippen molar-refractivity contribution in [2.24, 2.45) is 13.0 Å². The van der Waals surface area contributed by atoms with Gasteiger partial charge in [0.15, 0.2) is 0 Å². The molecule has 1 N–H and O–H groups in total. The van der Waals surface area contributed by atoms with Crippen LogP contribution in [-0.4, -0.2) is 51.3 Å². The Labute approximate surface area is 142 Å². The number of aromatic nitrogens is 3. The van der Waals surface area contributed by atoms with E-state index in [1.54, 1.807) is 6.20 Å². The number of nitrogens with zero attached hydrogens (tertiary/aromatic N) is 4. The van der Waals surface area contributed by atoms with Crippen LogP contribution in [0.4, 0.5) is 5.69 Å². The summed E-state index contributed by atoms with van der Waals surface area (Å²) in [6.45, 7) is 3.67. The van der Waals surface area contributed by atoms with Crippen molar-refractivity contribution in [1.29, 1.82) is 0 Å². The number of imidazole rings is 1. The maximum absolute atomic E-state index is 6.16. The third-order valence-electron chi connectivity index (χ3n) is 5.33. The molecule has 2 fully saturated rings. The van der Waals surface area contributed by atoms with Gasteiger partial charge < -0.3 is 14.6 Å². The van der Waals surface area contributed by atoms with Gasteiger partial charge in [-0.05, 0) is 25.0 Å². The number of anilines is 1. The largest absolute Gasteiger partial charge is 0.383 e. The molecule has 0 bridgehead atoms. The number of morpholine rings is 1. The van der Waals surface area contributed by atoms with E-state index in [1.165, 1.54) is 12.8 Å². The first kappa shape index (κ1) is 15.6. The minimum atomic E-state index is 0.322. The molecule has 24 heavy (non-hydrogen) atoms. The zero-order chi connectivity index (χ0) is 16.4. The fourth-order valence-corrected chi connectivity index (χ4v) is 4.00. The molecule has 0 aromatic carbocycles. The number of hydrogen-bond donors (Lipinski definition) is 1. The summed E-state index contributed by atoms with van der Waals surface area (Å²) in [6, 6.07) is 4.54. The van der Waals surface area contributed by atoms with Crippen LogP contribution in [0.15, 0.2) is 36.9 Å². The number of aryl methyl sites for hydroxylation is 1. The van der Waals surface area contributed by atoms with E-state index in [4.69, 9.17) is 4.74 Å². The van der Waals surface area contributed by atoms with Crippen molar-refractivity contribution < 1.29 is 4.74 Å². The van der Waals surface area contributed by atoms with E-state index in [1.807, 2.05) is 24.7 Å². The van der Waals surface area contributed by atoms with Crippen LogP contribution in [0.2, 0.25) is 0 Å². The zero-order valence-corrected chi connectivity index (χ0v) is 14.1. The molecule has 0 unspecified atom stereocenters. The molecule has 1 saturated heterocycles. The van der Waals surface area contributed by atoms with Gasteiger partial charge in [-0.3, -0.25) is 9.88 Å². The van der Waals surface area contributed by atoms with Gasteiger partial charge in [0.05, 0.1) is 24.9 Å². The van der Waals surface area contributed by atoms with Crippen LogP contribution >= 0.6 is 0 Å². The summed E-state index contributed by atoms with van der Waals surface area (Å²) in [5.74, 6) is 1.69. The maximum atomic E-state index is 6.16. The van der Waals surface area contributed by atoms with E-state index in [2.05, 4.69) is 37.9 Å². The monoisotopic (exact) mass is 327 g/mol. The summed E-state index contributed by atoms with van der Waals surface area (Å²) < 4.78 is 8.27. The molecule has 6 heteroatoms. The van der Waals surface area contributed by atoms with Gasteiger partial charge >= 0.3 is 0 Å². The Morgan fingerprint density at radius 2 is 2.29 bits per heavy atom. The lowest BCUT2D eigenvalue weighted by Gasteiger charge is -2.39. The predicted molar refractivity (Wildman–Crippen MR) is 92.6 cm³/mol. The predicted octanol–water partition coefficient (Wildman–Crippen LogP) is 1.91. The Morgan fingerprint density at radius 3 is 3.08 bits per heavy atom. The van der Waals surface area contributed by atoms with Gasteiger partial charge in [-0.1, -0.05) is 0 Å². The second-order valence-corrected chi connectivity index (χ2v) is 6.79. The number of rotatable bonds is 5. The third-order valence-corrected chi connectivity index (χ3v) is 5.33. The van der Waals surface area contributed by atoms with Crippen LogP contribution in [-0.2, 0) is 18.3 Å². The van der Waals surface area contributed by atoms with Crippen molar-refractivity contribution in [1.82, 2.24) is 19.4 Å². The lowest BCUT2D eigenvalue weighted by atomic mass is 10.0.